The molecule has 0 bridgehead atoms. The Morgan fingerprint density at radius 1 is 1.53 bits per heavy atom. The summed E-state index contributed by atoms with van der Waals surface area (Å²) >= 11 is 0. The van der Waals surface area contributed by atoms with Crippen LogP contribution in [-0.2, 0) is 14.3 Å². The average molecular weight is 260 g/mol. The zero-order valence-electron chi connectivity index (χ0n) is 10.8. The quantitative estimate of drug-likeness (QED) is 0.817. The highest BCUT2D eigenvalue weighted by Gasteiger charge is 2.32. The van der Waals surface area contributed by atoms with Gasteiger partial charge in [0.1, 0.15) is 6.04 Å². The van der Waals surface area contributed by atoms with Gasteiger partial charge in [-0.2, -0.15) is 5.26 Å². The van der Waals surface area contributed by atoms with Gasteiger partial charge in [0.15, 0.2) is 6.10 Å². The summed E-state index contributed by atoms with van der Waals surface area (Å²) in [6, 6.07) is 10.8. The summed E-state index contributed by atoms with van der Waals surface area (Å²) in [6.45, 7) is 1.13. The molecule has 1 saturated heterocycles. The van der Waals surface area contributed by atoms with E-state index in [4.69, 9.17) is 14.7 Å². The second-order valence-electron chi connectivity index (χ2n) is 4.28. The lowest BCUT2D eigenvalue weighted by Gasteiger charge is -2.33. The lowest BCUT2D eigenvalue weighted by Crippen LogP contribution is -2.49. The number of morpholine rings is 1. The predicted octanol–water partition coefficient (Wildman–Crippen LogP) is 1.13. The molecule has 1 aliphatic heterocycles. The Morgan fingerprint density at radius 2 is 2.26 bits per heavy atom. The highest BCUT2D eigenvalue weighted by atomic mass is 16.5. The largest absolute Gasteiger partial charge is 0.376 e. The molecule has 2 rings (SSSR count). The highest BCUT2D eigenvalue weighted by Crippen LogP contribution is 2.21. The van der Waals surface area contributed by atoms with Crippen molar-refractivity contribution in [2.24, 2.45) is 0 Å². The summed E-state index contributed by atoms with van der Waals surface area (Å²) in [4.78, 5) is 14.0. The van der Waals surface area contributed by atoms with Crippen molar-refractivity contribution in [2.45, 2.75) is 12.1 Å². The van der Waals surface area contributed by atoms with Crippen molar-refractivity contribution in [3.63, 3.8) is 0 Å². The van der Waals surface area contributed by atoms with E-state index in [2.05, 4.69) is 6.07 Å². The Morgan fingerprint density at radius 3 is 2.89 bits per heavy atom. The van der Waals surface area contributed by atoms with E-state index in [1.54, 1.807) is 0 Å². The first-order valence-electron chi connectivity index (χ1n) is 6.13. The van der Waals surface area contributed by atoms with Gasteiger partial charge < -0.3 is 14.4 Å². The van der Waals surface area contributed by atoms with Gasteiger partial charge in [-0.3, -0.25) is 4.79 Å². The molecule has 5 nitrogen and oxygen atoms in total. The maximum absolute atomic E-state index is 12.5. The van der Waals surface area contributed by atoms with Gasteiger partial charge in [-0.1, -0.05) is 30.3 Å². The van der Waals surface area contributed by atoms with Crippen LogP contribution in [0, 0.1) is 11.3 Å². The fourth-order valence-corrected chi connectivity index (χ4v) is 2.13. The van der Waals surface area contributed by atoms with Crippen LogP contribution in [0.3, 0.4) is 0 Å². The van der Waals surface area contributed by atoms with Gasteiger partial charge in [0.05, 0.1) is 19.3 Å². The van der Waals surface area contributed by atoms with Crippen LogP contribution in [-0.4, -0.2) is 43.7 Å². The first kappa shape index (κ1) is 13.5. The summed E-state index contributed by atoms with van der Waals surface area (Å²) in [5, 5.41) is 9.07. The van der Waals surface area contributed by atoms with Gasteiger partial charge in [-0.05, 0) is 5.56 Å². The molecule has 1 aromatic rings. The Balaban J connectivity index is 2.19. The molecule has 0 aliphatic carbocycles. The van der Waals surface area contributed by atoms with Gasteiger partial charge in [0.2, 0.25) is 0 Å². The zero-order valence-corrected chi connectivity index (χ0v) is 10.8. The zero-order chi connectivity index (χ0) is 13.7. The fraction of sp³-hybridized carbons (Fsp3) is 0.429. The van der Waals surface area contributed by atoms with Crippen LogP contribution in [0.5, 0.6) is 0 Å². The molecule has 19 heavy (non-hydrogen) atoms. The molecule has 0 aromatic heterocycles. The van der Waals surface area contributed by atoms with E-state index in [-0.39, 0.29) is 12.5 Å². The van der Waals surface area contributed by atoms with Crippen molar-refractivity contribution >= 4 is 5.91 Å². The average Bonchev–Trinajstić information content (AvgIpc) is 2.49. The monoisotopic (exact) mass is 260 g/mol. The molecular weight excluding hydrogens is 244 g/mol. The van der Waals surface area contributed by atoms with Crippen LogP contribution in [0.1, 0.15) is 11.7 Å². The summed E-state index contributed by atoms with van der Waals surface area (Å²) in [5.41, 5.74) is 0.790. The van der Waals surface area contributed by atoms with Crippen LogP contribution in [0.4, 0.5) is 0 Å². The fourth-order valence-electron chi connectivity index (χ4n) is 2.13. The SMILES string of the molecule is CO[C@@H](C(=O)N1CCOC[C@H]1C#N)c1ccccc1. The van der Waals surface area contributed by atoms with Gasteiger partial charge in [0.25, 0.3) is 5.91 Å². The molecule has 1 aliphatic rings. The second kappa shape index (κ2) is 6.32. The van der Waals surface area contributed by atoms with Crippen molar-refractivity contribution < 1.29 is 14.3 Å². The van der Waals surface area contributed by atoms with Crippen molar-refractivity contribution in [3.05, 3.63) is 35.9 Å². The molecule has 0 saturated carbocycles. The Hall–Kier alpha value is -1.90. The van der Waals surface area contributed by atoms with Crippen molar-refractivity contribution in [1.82, 2.24) is 4.90 Å². The molecule has 0 radical (unpaired) electrons. The Labute approximate surface area is 112 Å². The first-order chi connectivity index (χ1) is 9.27. The number of rotatable bonds is 3. The topological polar surface area (TPSA) is 62.6 Å². The van der Waals surface area contributed by atoms with E-state index >= 15 is 0 Å². The minimum Gasteiger partial charge on any atom is -0.376 e. The normalized spacial score (nSPS) is 20.6. The Kier molecular flexibility index (Phi) is 4.50. The van der Waals surface area contributed by atoms with Crippen molar-refractivity contribution in [1.29, 1.82) is 5.26 Å². The molecule has 1 fully saturated rings. The molecule has 1 heterocycles. The molecule has 100 valence electrons. The molecule has 5 heteroatoms. The predicted molar refractivity (Wildman–Crippen MR) is 68.1 cm³/mol. The molecule has 0 N–H and O–H groups in total. The number of hydrogen-bond donors (Lipinski definition) is 0. The van der Waals surface area contributed by atoms with Gasteiger partial charge >= 0.3 is 0 Å². The molecule has 1 aromatic carbocycles. The molecule has 1 amide bonds. The maximum Gasteiger partial charge on any atom is 0.257 e. The van der Waals surface area contributed by atoms with Crippen molar-refractivity contribution in [2.75, 3.05) is 26.9 Å². The standard InChI is InChI=1S/C14H16N2O3/c1-18-13(11-5-3-2-4-6-11)14(17)16-7-8-19-10-12(16)9-15/h2-6,12-13H,7-8,10H2,1H3/t12-,13-/m1/s1. The van der Waals surface area contributed by atoms with Crippen LogP contribution >= 0.6 is 0 Å². The minimum absolute atomic E-state index is 0.191. The van der Waals surface area contributed by atoms with E-state index in [0.717, 1.165) is 5.56 Å². The lowest BCUT2D eigenvalue weighted by atomic mass is 10.1. The first-order valence-corrected chi connectivity index (χ1v) is 6.13. The summed E-state index contributed by atoms with van der Waals surface area (Å²) < 4.78 is 10.5. The molecule has 0 spiro atoms. The van der Waals surface area contributed by atoms with E-state index in [0.29, 0.717) is 13.2 Å². The third kappa shape index (κ3) is 2.92. The van der Waals surface area contributed by atoms with E-state index < -0.39 is 12.1 Å². The third-order valence-electron chi connectivity index (χ3n) is 3.12. The van der Waals surface area contributed by atoms with Gasteiger partial charge in [-0.15, -0.1) is 0 Å². The number of carbonyl (C=O) groups excluding carboxylic acids is 1. The van der Waals surface area contributed by atoms with Crippen LogP contribution in [0.2, 0.25) is 0 Å². The molecule has 2 atom stereocenters. The number of benzene rings is 1. The smallest absolute Gasteiger partial charge is 0.257 e. The second-order valence-corrected chi connectivity index (χ2v) is 4.28. The van der Waals surface area contributed by atoms with E-state index in [9.17, 15) is 4.79 Å². The third-order valence-corrected chi connectivity index (χ3v) is 3.12. The number of methoxy groups -OCH3 is 1. The number of hydrogen-bond acceptors (Lipinski definition) is 4. The lowest BCUT2D eigenvalue weighted by molar-refractivity contribution is -0.149. The number of nitrogens with zero attached hydrogens (tertiary/aromatic N) is 2. The van der Waals surface area contributed by atoms with Crippen molar-refractivity contribution in [3.8, 4) is 6.07 Å². The van der Waals surface area contributed by atoms with E-state index in [1.165, 1.54) is 12.0 Å². The molecule has 0 unspecified atom stereocenters. The summed E-state index contributed by atoms with van der Waals surface area (Å²) in [6.07, 6.45) is -0.671. The summed E-state index contributed by atoms with van der Waals surface area (Å²) in [5.74, 6) is -0.191. The van der Waals surface area contributed by atoms with Crippen LogP contribution in [0.25, 0.3) is 0 Å². The number of amides is 1. The minimum atomic E-state index is -0.671. The number of ether oxygens (including phenoxy) is 2. The van der Waals surface area contributed by atoms with Crippen LogP contribution in [0.15, 0.2) is 30.3 Å². The van der Waals surface area contributed by atoms with Crippen LogP contribution < -0.4 is 0 Å². The number of nitriles is 1. The summed E-state index contributed by atoms with van der Waals surface area (Å²) in [7, 11) is 1.50. The maximum atomic E-state index is 12.5. The Bertz CT molecular complexity index is 469. The molecular formula is C14H16N2O3. The van der Waals surface area contributed by atoms with E-state index in [1.807, 2.05) is 30.3 Å². The van der Waals surface area contributed by atoms with Gasteiger partial charge in [0, 0.05) is 13.7 Å². The van der Waals surface area contributed by atoms with Gasteiger partial charge in [-0.25, -0.2) is 0 Å². The highest BCUT2D eigenvalue weighted by molar-refractivity contribution is 5.83. The number of carbonyl (C=O) groups is 1.